The van der Waals surface area contributed by atoms with Crippen LogP contribution >= 0.6 is 11.3 Å². The van der Waals surface area contributed by atoms with Crippen molar-refractivity contribution in [1.29, 1.82) is 0 Å². The van der Waals surface area contributed by atoms with E-state index in [1.54, 1.807) is 17.4 Å². The highest BCUT2D eigenvalue weighted by Gasteiger charge is 2.22. The van der Waals surface area contributed by atoms with Gasteiger partial charge in [-0.05, 0) is 56.0 Å². The van der Waals surface area contributed by atoms with Crippen molar-refractivity contribution >= 4 is 16.5 Å². The number of rotatable bonds is 9. The van der Waals surface area contributed by atoms with Crippen LogP contribution < -0.4 is 4.90 Å². The second kappa shape index (κ2) is 10.3. The van der Waals surface area contributed by atoms with Crippen LogP contribution in [0.25, 0.3) is 0 Å². The molecule has 0 spiro atoms. The average Bonchev–Trinajstić information content (AvgIpc) is 3.15. The lowest BCUT2D eigenvalue weighted by molar-refractivity contribution is 0.133. The quantitative estimate of drug-likeness (QED) is 0.627. The van der Waals surface area contributed by atoms with Crippen molar-refractivity contribution in [1.82, 2.24) is 14.8 Å². The first-order valence-corrected chi connectivity index (χ1v) is 11.2. The molecule has 1 fully saturated rings. The monoisotopic (exact) mass is 404 g/mol. The van der Waals surface area contributed by atoms with E-state index in [0.29, 0.717) is 5.92 Å². The van der Waals surface area contributed by atoms with Crippen molar-refractivity contribution < 1.29 is 4.39 Å². The molecular weight excluding hydrogens is 371 g/mol. The minimum Gasteiger partial charge on any atom is -0.354 e. The predicted molar refractivity (Wildman–Crippen MR) is 117 cm³/mol. The first-order chi connectivity index (χ1) is 13.5. The fraction of sp³-hybridized carbons (Fsp3) is 0.591. The van der Waals surface area contributed by atoms with E-state index >= 15 is 0 Å². The van der Waals surface area contributed by atoms with Crippen molar-refractivity contribution in [3.05, 3.63) is 46.7 Å². The molecule has 0 amide bonds. The number of anilines is 1. The van der Waals surface area contributed by atoms with Gasteiger partial charge in [0.05, 0.1) is 0 Å². The van der Waals surface area contributed by atoms with Gasteiger partial charge in [-0.1, -0.05) is 19.1 Å². The Bertz CT molecular complexity index is 733. The van der Waals surface area contributed by atoms with Crippen LogP contribution in [-0.4, -0.2) is 61.6 Å². The molecule has 0 saturated carbocycles. The number of thiazole rings is 1. The van der Waals surface area contributed by atoms with Crippen LogP contribution in [0.2, 0.25) is 0 Å². The second-order valence-corrected chi connectivity index (χ2v) is 9.11. The lowest BCUT2D eigenvalue weighted by Gasteiger charge is -2.35. The molecule has 0 unspecified atom stereocenters. The number of nitrogens with zero attached hydrogens (tertiary/aromatic N) is 4. The standard InChI is InChI=1S/C22H33FN4S/c1-4-26(17-21-14-24-22(28-21)25(2)3)15-19-8-6-11-27(16-19)12-10-18-7-5-9-20(23)13-18/h5,7,9,13-14,19H,4,6,8,10-12,15-17H2,1-3H3/t19-/m0/s1. The summed E-state index contributed by atoms with van der Waals surface area (Å²) in [4.78, 5) is 13.0. The van der Waals surface area contributed by atoms with E-state index in [1.165, 1.54) is 30.3 Å². The molecule has 1 aromatic heterocycles. The van der Waals surface area contributed by atoms with E-state index in [4.69, 9.17) is 0 Å². The van der Waals surface area contributed by atoms with Gasteiger partial charge in [0.2, 0.25) is 0 Å². The fourth-order valence-electron chi connectivity index (χ4n) is 3.95. The molecule has 2 aromatic rings. The maximum atomic E-state index is 13.4. The number of halogens is 1. The first kappa shape index (κ1) is 21.2. The molecule has 1 saturated heterocycles. The zero-order valence-electron chi connectivity index (χ0n) is 17.4. The molecule has 6 heteroatoms. The van der Waals surface area contributed by atoms with Gasteiger partial charge in [0.15, 0.2) is 5.13 Å². The van der Waals surface area contributed by atoms with Crippen LogP contribution in [0.4, 0.5) is 9.52 Å². The van der Waals surface area contributed by atoms with Crippen LogP contribution in [0.5, 0.6) is 0 Å². The molecular formula is C22H33FN4S. The molecule has 3 rings (SSSR count). The SMILES string of the molecule is CCN(Cc1cnc(N(C)C)s1)C[C@@H]1CCCN(CCc2cccc(F)c2)C1. The van der Waals surface area contributed by atoms with Crippen molar-refractivity contribution in [3.63, 3.8) is 0 Å². The van der Waals surface area contributed by atoms with Gasteiger partial charge in [-0.25, -0.2) is 9.37 Å². The van der Waals surface area contributed by atoms with Gasteiger partial charge in [-0.2, -0.15) is 0 Å². The van der Waals surface area contributed by atoms with Gasteiger partial charge in [0, 0.05) is 51.3 Å². The third-order valence-electron chi connectivity index (χ3n) is 5.48. The summed E-state index contributed by atoms with van der Waals surface area (Å²) < 4.78 is 13.4. The maximum Gasteiger partial charge on any atom is 0.185 e. The van der Waals surface area contributed by atoms with E-state index in [9.17, 15) is 4.39 Å². The summed E-state index contributed by atoms with van der Waals surface area (Å²) in [6, 6.07) is 7.02. The van der Waals surface area contributed by atoms with Gasteiger partial charge in [0.1, 0.15) is 5.82 Å². The molecule has 1 aliphatic heterocycles. The molecule has 2 heterocycles. The minimum absolute atomic E-state index is 0.131. The van der Waals surface area contributed by atoms with Crippen LogP contribution in [0.1, 0.15) is 30.2 Å². The molecule has 1 aromatic carbocycles. The zero-order chi connectivity index (χ0) is 19.9. The predicted octanol–water partition coefficient (Wildman–Crippen LogP) is 4.12. The highest BCUT2D eigenvalue weighted by Crippen LogP contribution is 2.23. The maximum absolute atomic E-state index is 13.4. The summed E-state index contributed by atoms with van der Waals surface area (Å²) >= 11 is 1.79. The summed E-state index contributed by atoms with van der Waals surface area (Å²) in [5.74, 6) is 0.579. The fourth-order valence-corrected chi connectivity index (χ4v) is 4.83. The molecule has 0 bridgehead atoms. The average molecular weight is 405 g/mol. The third-order valence-corrected chi connectivity index (χ3v) is 6.63. The normalized spacial score (nSPS) is 18.0. The summed E-state index contributed by atoms with van der Waals surface area (Å²) in [7, 11) is 4.08. The smallest absolute Gasteiger partial charge is 0.185 e. The molecule has 0 radical (unpaired) electrons. The highest BCUT2D eigenvalue weighted by molar-refractivity contribution is 7.15. The van der Waals surface area contributed by atoms with Gasteiger partial charge >= 0.3 is 0 Å². The van der Waals surface area contributed by atoms with Crippen molar-refractivity contribution in [2.75, 3.05) is 51.7 Å². The Morgan fingerprint density at radius 3 is 2.89 bits per heavy atom. The number of likely N-dealkylation sites (tertiary alicyclic amines) is 1. The topological polar surface area (TPSA) is 22.6 Å². The number of benzene rings is 1. The van der Waals surface area contributed by atoms with Crippen LogP contribution in [0.15, 0.2) is 30.5 Å². The van der Waals surface area contributed by atoms with Crippen LogP contribution in [-0.2, 0) is 13.0 Å². The van der Waals surface area contributed by atoms with Gasteiger partial charge < -0.3 is 9.80 Å². The Balaban J connectivity index is 1.48. The number of hydrogen-bond donors (Lipinski definition) is 0. The lowest BCUT2D eigenvalue weighted by Crippen LogP contribution is -2.41. The van der Waals surface area contributed by atoms with Crippen molar-refractivity contribution in [2.24, 2.45) is 5.92 Å². The Morgan fingerprint density at radius 2 is 2.18 bits per heavy atom. The second-order valence-electron chi connectivity index (χ2n) is 8.02. The van der Waals surface area contributed by atoms with Gasteiger partial charge in [-0.15, -0.1) is 11.3 Å². The molecule has 28 heavy (non-hydrogen) atoms. The van der Waals surface area contributed by atoms with Crippen LogP contribution in [0.3, 0.4) is 0 Å². The summed E-state index contributed by atoms with van der Waals surface area (Å²) in [6.45, 7) is 8.78. The Labute approximate surface area is 173 Å². The number of hydrogen-bond acceptors (Lipinski definition) is 5. The van der Waals surface area contributed by atoms with Crippen molar-refractivity contribution in [2.45, 2.75) is 32.7 Å². The number of aromatic nitrogens is 1. The minimum atomic E-state index is -0.131. The Hall–Kier alpha value is -1.50. The lowest BCUT2D eigenvalue weighted by atomic mass is 9.97. The largest absolute Gasteiger partial charge is 0.354 e. The molecule has 1 atom stereocenters. The summed E-state index contributed by atoms with van der Waals surface area (Å²) in [5, 5.41) is 1.08. The molecule has 154 valence electrons. The van der Waals surface area contributed by atoms with Crippen molar-refractivity contribution in [3.8, 4) is 0 Å². The molecule has 1 aliphatic rings. The van der Waals surface area contributed by atoms with Gasteiger partial charge in [0.25, 0.3) is 0 Å². The Morgan fingerprint density at radius 1 is 1.32 bits per heavy atom. The first-order valence-electron chi connectivity index (χ1n) is 10.3. The number of piperidine rings is 1. The summed E-state index contributed by atoms with van der Waals surface area (Å²) in [5.41, 5.74) is 1.10. The van der Waals surface area contributed by atoms with E-state index in [0.717, 1.165) is 49.8 Å². The highest BCUT2D eigenvalue weighted by atomic mass is 32.1. The molecule has 4 nitrogen and oxygen atoms in total. The van der Waals surface area contributed by atoms with E-state index in [2.05, 4.69) is 26.6 Å². The Kier molecular flexibility index (Phi) is 7.82. The van der Waals surface area contributed by atoms with Gasteiger partial charge in [-0.3, -0.25) is 4.90 Å². The molecule has 0 N–H and O–H groups in total. The van der Waals surface area contributed by atoms with E-state index in [1.807, 2.05) is 32.4 Å². The van der Waals surface area contributed by atoms with E-state index < -0.39 is 0 Å². The summed E-state index contributed by atoms with van der Waals surface area (Å²) in [6.07, 6.45) is 5.51. The zero-order valence-corrected chi connectivity index (χ0v) is 18.2. The van der Waals surface area contributed by atoms with Crippen LogP contribution in [0, 0.1) is 11.7 Å². The van der Waals surface area contributed by atoms with E-state index in [-0.39, 0.29) is 5.82 Å². The molecule has 0 aliphatic carbocycles. The third kappa shape index (κ3) is 6.26.